The Morgan fingerprint density at radius 1 is 1.36 bits per heavy atom. The number of rotatable bonds is 5. The van der Waals surface area contributed by atoms with Crippen molar-refractivity contribution >= 4 is 11.9 Å². The quantitative estimate of drug-likeness (QED) is 0.820. The van der Waals surface area contributed by atoms with Gasteiger partial charge < -0.3 is 19.3 Å². The van der Waals surface area contributed by atoms with Gasteiger partial charge in [0.2, 0.25) is 5.43 Å². The fraction of sp³-hybridized carbons (Fsp3) is 0.611. The zero-order valence-corrected chi connectivity index (χ0v) is 14.2. The van der Waals surface area contributed by atoms with Gasteiger partial charge in [0.1, 0.15) is 5.56 Å². The normalized spacial score (nSPS) is 26.5. The fourth-order valence-corrected chi connectivity index (χ4v) is 4.58. The average molecular weight is 346 g/mol. The number of carboxylic acid groups (broad SMARTS) is 1. The first-order valence-electron chi connectivity index (χ1n) is 8.99. The Labute approximate surface area is 145 Å². The molecule has 7 nitrogen and oxygen atoms in total. The molecule has 3 atom stereocenters. The van der Waals surface area contributed by atoms with E-state index >= 15 is 0 Å². The predicted molar refractivity (Wildman–Crippen MR) is 89.2 cm³/mol. The molecular formula is C18H22N2O5. The summed E-state index contributed by atoms with van der Waals surface area (Å²) < 4.78 is 7.26. The van der Waals surface area contributed by atoms with Gasteiger partial charge in [0.05, 0.1) is 12.6 Å². The Morgan fingerprint density at radius 2 is 2.16 bits per heavy atom. The van der Waals surface area contributed by atoms with E-state index in [4.69, 9.17) is 4.74 Å². The van der Waals surface area contributed by atoms with Crippen molar-refractivity contribution in [2.24, 2.45) is 5.92 Å². The summed E-state index contributed by atoms with van der Waals surface area (Å²) in [7, 11) is 0. The smallest absolute Gasteiger partial charge is 0.341 e. The van der Waals surface area contributed by atoms with Gasteiger partial charge in [-0.1, -0.05) is 13.3 Å². The van der Waals surface area contributed by atoms with Crippen molar-refractivity contribution in [3.8, 4) is 5.75 Å². The van der Waals surface area contributed by atoms with Crippen molar-refractivity contribution in [3.05, 3.63) is 27.7 Å². The van der Waals surface area contributed by atoms with E-state index in [0.29, 0.717) is 19.1 Å². The summed E-state index contributed by atoms with van der Waals surface area (Å²) in [5.74, 6) is -1.11. The molecule has 1 amide bonds. The monoisotopic (exact) mass is 346 g/mol. The summed E-state index contributed by atoms with van der Waals surface area (Å²) >= 11 is 0. The van der Waals surface area contributed by atoms with Gasteiger partial charge in [-0.05, 0) is 31.6 Å². The van der Waals surface area contributed by atoms with Crippen molar-refractivity contribution in [3.63, 3.8) is 0 Å². The molecule has 0 spiro atoms. The Kier molecular flexibility index (Phi) is 3.81. The molecule has 1 saturated carbocycles. The number of carbonyl (C=O) groups is 2. The SMILES string of the molecule is CCCCOc1c2n(cc(C(=O)O)c1=O)C[C@H]1[C@@H]3CC[C@@H](C3)N1C2=O. The number of ether oxygens (including phenoxy) is 1. The van der Waals surface area contributed by atoms with E-state index in [0.717, 1.165) is 32.1 Å². The number of carbonyl (C=O) groups excluding carboxylic acids is 1. The molecule has 3 heterocycles. The maximum Gasteiger partial charge on any atom is 0.341 e. The van der Waals surface area contributed by atoms with Crippen LogP contribution in [0.2, 0.25) is 0 Å². The van der Waals surface area contributed by atoms with Gasteiger partial charge in [-0.3, -0.25) is 9.59 Å². The zero-order valence-electron chi connectivity index (χ0n) is 14.2. The lowest BCUT2D eigenvalue weighted by atomic mass is 9.95. The first-order chi connectivity index (χ1) is 12.0. The molecule has 1 saturated heterocycles. The number of carboxylic acids is 1. The largest absolute Gasteiger partial charge is 0.487 e. The molecule has 1 aromatic rings. The summed E-state index contributed by atoms with van der Waals surface area (Å²) in [4.78, 5) is 39.1. The van der Waals surface area contributed by atoms with Crippen molar-refractivity contribution in [1.29, 1.82) is 0 Å². The zero-order chi connectivity index (χ0) is 17.7. The van der Waals surface area contributed by atoms with Gasteiger partial charge >= 0.3 is 5.97 Å². The number of fused-ring (bicyclic) bond motifs is 6. The van der Waals surface area contributed by atoms with E-state index in [1.54, 1.807) is 4.57 Å². The molecular weight excluding hydrogens is 324 g/mol. The van der Waals surface area contributed by atoms with Crippen LogP contribution in [0.5, 0.6) is 5.75 Å². The van der Waals surface area contributed by atoms with Gasteiger partial charge in [-0.2, -0.15) is 0 Å². The molecule has 25 heavy (non-hydrogen) atoms. The molecule has 0 aromatic carbocycles. The molecule has 2 aliphatic heterocycles. The lowest BCUT2D eigenvalue weighted by molar-refractivity contribution is 0.0477. The molecule has 0 unspecified atom stereocenters. The van der Waals surface area contributed by atoms with Crippen LogP contribution >= 0.6 is 0 Å². The summed E-state index contributed by atoms with van der Waals surface area (Å²) in [5.41, 5.74) is -0.819. The molecule has 134 valence electrons. The van der Waals surface area contributed by atoms with Crippen LogP contribution in [-0.4, -0.2) is 45.1 Å². The molecule has 2 fully saturated rings. The fourth-order valence-electron chi connectivity index (χ4n) is 4.58. The van der Waals surface area contributed by atoms with E-state index in [1.165, 1.54) is 6.20 Å². The van der Waals surface area contributed by atoms with Crippen molar-refractivity contribution in [2.75, 3.05) is 6.61 Å². The number of unbranched alkanes of at least 4 members (excludes halogenated alkanes) is 1. The van der Waals surface area contributed by atoms with Gasteiger partial charge in [-0.25, -0.2) is 4.79 Å². The van der Waals surface area contributed by atoms with E-state index in [2.05, 4.69) is 0 Å². The Hall–Kier alpha value is -2.31. The van der Waals surface area contributed by atoms with Crippen LogP contribution in [0.4, 0.5) is 0 Å². The van der Waals surface area contributed by atoms with Crippen LogP contribution < -0.4 is 10.2 Å². The number of nitrogens with zero attached hydrogens (tertiary/aromatic N) is 2. The van der Waals surface area contributed by atoms with Crippen LogP contribution in [0.3, 0.4) is 0 Å². The van der Waals surface area contributed by atoms with E-state index in [-0.39, 0.29) is 35.0 Å². The number of amides is 1. The third-order valence-electron chi connectivity index (χ3n) is 5.77. The third-order valence-corrected chi connectivity index (χ3v) is 5.77. The molecule has 1 aromatic heterocycles. The summed E-state index contributed by atoms with van der Waals surface area (Å²) in [5, 5.41) is 9.36. The van der Waals surface area contributed by atoms with E-state index < -0.39 is 11.4 Å². The Balaban J connectivity index is 1.82. The number of hydrogen-bond donors (Lipinski definition) is 1. The van der Waals surface area contributed by atoms with Crippen molar-refractivity contribution < 1.29 is 19.4 Å². The molecule has 4 rings (SSSR count). The van der Waals surface area contributed by atoms with Gasteiger partial charge in [-0.15, -0.1) is 0 Å². The van der Waals surface area contributed by atoms with E-state index in [1.807, 2.05) is 11.8 Å². The summed E-state index contributed by atoms with van der Waals surface area (Å²) in [6.07, 6.45) is 6.06. The number of pyridine rings is 1. The Bertz CT molecular complexity index is 799. The lowest BCUT2D eigenvalue weighted by Crippen LogP contribution is -2.52. The lowest BCUT2D eigenvalue weighted by Gasteiger charge is -2.40. The molecule has 3 aliphatic rings. The first-order valence-corrected chi connectivity index (χ1v) is 8.99. The number of aromatic carboxylic acids is 1. The van der Waals surface area contributed by atoms with Crippen LogP contribution in [0.25, 0.3) is 0 Å². The topological polar surface area (TPSA) is 88.8 Å². The highest BCUT2D eigenvalue weighted by Crippen LogP contribution is 2.46. The highest BCUT2D eigenvalue weighted by Gasteiger charge is 2.51. The molecule has 1 N–H and O–H groups in total. The number of piperidine rings is 1. The van der Waals surface area contributed by atoms with Crippen LogP contribution in [0, 0.1) is 5.92 Å². The average Bonchev–Trinajstić information content (AvgIpc) is 3.18. The molecule has 0 radical (unpaired) electrons. The first kappa shape index (κ1) is 16.2. The van der Waals surface area contributed by atoms with Gasteiger partial charge in [0.25, 0.3) is 5.91 Å². The van der Waals surface area contributed by atoms with Crippen LogP contribution in [0.1, 0.15) is 59.9 Å². The van der Waals surface area contributed by atoms with Crippen molar-refractivity contribution in [1.82, 2.24) is 9.47 Å². The maximum absolute atomic E-state index is 13.1. The number of hydrogen-bond acceptors (Lipinski definition) is 4. The van der Waals surface area contributed by atoms with Gasteiger partial charge in [0.15, 0.2) is 11.4 Å². The van der Waals surface area contributed by atoms with Crippen LogP contribution in [-0.2, 0) is 6.54 Å². The molecule has 1 aliphatic carbocycles. The second-order valence-electron chi connectivity index (χ2n) is 7.22. The van der Waals surface area contributed by atoms with Crippen LogP contribution in [0.15, 0.2) is 11.0 Å². The Morgan fingerprint density at radius 3 is 2.88 bits per heavy atom. The third kappa shape index (κ3) is 2.36. The second-order valence-corrected chi connectivity index (χ2v) is 7.22. The minimum Gasteiger partial charge on any atom is -0.487 e. The van der Waals surface area contributed by atoms with E-state index in [9.17, 15) is 19.5 Å². The minimum absolute atomic E-state index is 0.0976. The molecule has 2 bridgehead atoms. The standard InChI is InChI=1S/C18H22N2O5/c1-2-3-6-25-16-14-17(22)20-11-5-4-10(7-11)13(20)9-19(14)8-12(15(16)21)18(23)24/h8,10-11,13H,2-7,9H2,1H3,(H,23,24)/t10-,11+,13+/m1/s1. The number of aromatic nitrogens is 1. The van der Waals surface area contributed by atoms with Crippen molar-refractivity contribution in [2.45, 2.75) is 57.7 Å². The predicted octanol–water partition coefficient (Wildman–Crippen LogP) is 1.73. The highest BCUT2D eigenvalue weighted by atomic mass is 16.5. The maximum atomic E-state index is 13.1. The minimum atomic E-state index is -1.29. The van der Waals surface area contributed by atoms with Gasteiger partial charge in [0, 0.05) is 18.8 Å². The summed E-state index contributed by atoms with van der Waals surface area (Å²) in [6, 6.07) is 0.348. The second kappa shape index (κ2) is 5.89. The molecule has 7 heteroatoms. The highest BCUT2D eigenvalue weighted by molar-refractivity contribution is 5.98. The summed E-state index contributed by atoms with van der Waals surface area (Å²) in [6.45, 7) is 2.83.